The van der Waals surface area contributed by atoms with Crippen molar-refractivity contribution in [2.45, 2.75) is 26.6 Å². The molecule has 1 amide bonds. The van der Waals surface area contributed by atoms with Gasteiger partial charge in [0.2, 0.25) is 0 Å². The number of amides is 1. The Bertz CT molecular complexity index is 1230. The van der Waals surface area contributed by atoms with Crippen molar-refractivity contribution < 1.29 is 18.0 Å². The second-order valence-corrected chi connectivity index (χ2v) is 9.25. The number of hydrogen-bond donors (Lipinski definition) is 0. The first-order valence-electron chi connectivity index (χ1n) is 13.0. The summed E-state index contributed by atoms with van der Waals surface area (Å²) in [5.41, 5.74) is 1.55. The van der Waals surface area contributed by atoms with Crippen molar-refractivity contribution in [3.05, 3.63) is 101 Å². The molecule has 1 aliphatic rings. The number of halogens is 3. The molecule has 38 heavy (non-hydrogen) atoms. The van der Waals surface area contributed by atoms with E-state index in [-0.39, 0.29) is 11.6 Å². The summed E-state index contributed by atoms with van der Waals surface area (Å²) in [6.45, 7) is 8.64. The van der Waals surface area contributed by atoms with E-state index in [0.717, 1.165) is 25.7 Å². The summed E-state index contributed by atoms with van der Waals surface area (Å²) in [5, 5.41) is 0. The smallest absolute Gasteiger partial charge is 0.354 e. The molecule has 1 fully saturated rings. The fourth-order valence-electron chi connectivity index (χ4n) is 4.66. The zero-order valence-electron chi connectivity index (χ0n) is 21.8. The molecule has 1 aliphatic heterocycles. The van der Waals surface area contributed by atoms with E-state index in [1.165, 1.54) is 17.7 Å². The monoisotopic (exact) mass is 522 g/mol. The zero-order chi connectivity index (χ0) is 27.1. The van der Waals surface area contributed by atoms with Gasteiger partial charge in [0.1, 0.15) is 5.84 Å². The summed E-state index contributed by atoms with van der Waals surface area (Å²) in [6.07, 6.45) is -4.51. The summed E-state index contributed by atoms with van der Waals surface area (Å²) in [6, 6.07) is 22.6. The molecule has 3 aromatic carbocycles. The van der Waals surface area contributed by atoms with Crippen LogP contribution in [0.2, 0.25) is 0 Å². The SMILES string of the molecule is CCN(CC)C(=O)c1ccc(/C(=N\c2ccccc2C(F)(F)F)N2CCN(Cc3ccccc3)CC2)cc1. The number of aliphatic imine (C=N–C) groups is 1. The number of piperazine rings is 1. The van der Waals surface area contributed by atoms with Gasteiger partial charge in [0.15, 0.2) is 0 Å². The summed E-state index contributed by atoms with van der Waals surface area (Å²) >= 11 is 0. The number of para-hydroxylation sites is 1. The summed E-state index contributed by atoms with van der Waals surface area (Å²) in [5.74, 6) is 0.403. The lowest BCUT2D eigenvalue weighted by atomic mass is 10.1. The van der Waals surface area contributed by atoms with Gasteiger partial charge in [-0.25, -0.2) is 4.99 Å². The van der Waals surface area contributed by atoms with Crippen LogP contribution in [-0.4, -0.2) is 65.7 Å². The van der Waals surface area contributed by atoms with Crippen LogP contribution in [0.25, 0.3) is 0 Å². The molecule has 0 aliphatic carbocycles. The maximum absolute atomic E-state index is 13.8. The summed E-state index contributed by atoms with van der Waals surface area (Å²) in [7, 11) is 0. The first-order valence-corrected chi connectivity index (χ1v) is 13.0. The Morgan fingerprint density at radius 3 is 2.00 bits per heavy atom. The van der Waals surface area contributed by atoms with Gasteiger partial charge in [-0.2, -0.15) is 13.2 Å². The van der Waals surface area contributed by atoms with Crippen LogP contribution in [0.4, 0.5) is 18.9 Å². The molecule has 3 aromatic rings. The summed E-state index contributed by atoms with van der Waals surface area (Å²) in [4.78, 5) is 23.5. The molecule has 0 atom stereocenters. The number of nitrogens with zero attached hydrogens (tertiary/aromatic N) is 4. The van der Waals surface area contributed by atoms with E-state index in [4.69, 9.17) is 0 Å². The van der Waals surface area contributed by atoms with Gasteiger partial charge in [0.05, 0.1) is 11.3 Å². The highest BCUT2D eigenvalue weighted by Gasteiger charge is 2.33. The standard InChI is InChI=1S/C30H33F3N4O/c1-3-36(4-2)29(38)25-16-14-24(15-17-25)28(34-27-13-9-8-12-26(27)30(31,32)33)37-20-18-35(19-21-37)22-23-10-6-5-7-11-23/h5-17H,3-4,18-22H2,1-2H3/b34-28+. The lowest BCUT2D eigenvalue weighted by Crippen LogP contribution is -2.48. The van der Waals surface area contributed by atoms with Crippen molar-refractivity contribution in [1.29, 1.82) is 0 Å². The minimum Gasteiger partial charge on any atom is -0.354 e. The second kappa shape index (κ2) is 12.3. The molecular formula is C30H33F3N4O. The van der Waals surface area contributed by atoms with Crippen LogP contribution in [0.5, 0.6) is 0 Å². The molecule has 0 bridgehead atoms. The fraction of sp³-hybridized carbons (Fsp3) is 0.333. The van der Waals surface area contributed by atoms with E-state index < -0.39 is 11.7 Å². The maximum Gasteiger partial charge on any atom is 0.418 e. The van der Waals surface area contributed by atoms with E-state index in [1.54, 1.807) is 35.2 Å². The molecular weight excluding hydrogens is 489 g/mol. The van der Waals surface area contributed by atoms with Gasteiger partial charge in [-0.05, 0) is 43.7 Å². The average molecular weight is 523 g/mol. The van der Waals surface area contributed by atoms with Crippen molar-refractivity contribution >= 4 is 17.4 Å². The molecule has 0 N–H and O–H groups in total. The second-order valence-electron chi connectivity index (χ2n) is 9.25. The van der Waals surface area contributed by atoms with Crippen molar-refractivity contribution in [2.75, 3.05) is 39.3 Å². The van der Waals surface area contributed by atoms with E-state index in [0.29, 0.717) is 43.1 Å². The molecule has 0 unspecified atom stereocenters. The first-order chi connectivity index (χ1) is 18.3. The van der Waals surface area contributed by atoms with Crippen LogP contribution in [0.1, 0.15) is 40.9 Å². The molecule has 0 spiro atoms. The van der Waals surface area contributed by atoms with Gasteiger partial charge in [-0.1, -0.05) is 54.6 Å². The molecule has 200 valence electrons. The molecule has 1 saturated heterocycles. The topological polar surface area (TPSA) is 39.2 Å². The van der Waals surface area contributed by atoms with Gasteiger partial charge < -0.3 is 9.80 Å². The predicted molar refractivity (Wildman–Crippen MR) is 145 cm³/mol. The van der Waals surface area contributed by atoms with Crippen LogP contribution in [0, 0.1) is 0 Å². The Balaban J connectivity index is 1.63. The number of carbonyl (C=O) groups excluding carboxylic acids is 1. The van der Waals surface area contributed by atoms with Crippen LogP contribution in [0.3, 0.4) is 0 Å². The molecule has 0 radical (unpaired) electrons. The summed E-state index contributed by atoms with van der Waals surface area (Å²) < 4.78 is 41.3. The molecule has 0 saturated carbocycles. The van der Waals surface area contributed by atoms with Gasteiger partial charge in [-0.3, -0.25) is 9.69 Å². The first kappa shape index (κ1) is 27.4. The van der Waals surface area contributed by atoms with Crippen LogP contribution >= 0.6 is 0 Å². The fourth-order valence-corrected chi connectivity index (χ4v) is 4.66. The number of carbonyl (C=O) groups is 1. The minimum absolute atomic E-state index is 0.0722. The largest absolute Gasteiger partial charge is 0.418 e. The molecule has 1 heterocycles. The van der Waals surface area contributed by atoms with Gasteiger partial charge in [0, 0.05) is 56.9 Å². The van der Waals surface area contributed by atoms with Crippen molar-refractivity contribution in [3.63, 3.8) is 0 Å². The van der Waals surface area contributed by atoms with Crippen LogP contribution in [-0.2, 0) is 12.7 Å². The third kappa shape index (κ3) is 6.61. The van der Waals surface area contributed by atoms with Crippen LogP contribution in [0.15, 0.2) is 83.9 Å². The highest BCUT2D eigenvalue weighted by molar-refractivity contribution is 6.02. The normalized spacial score (nSPS) is 15.0. The minimum atomic E-state index is -4.51. The maximum atomic E-state index is 13.8. The number of alkyl halides is 3. The Morgan fingerprint density at radius 1 is 0.816 bits per heavy atom. The zero-order valence-corrected chi connectivity index (χ0v) is 21.8. The van der Waals surface area contributed by atoms with E-state index in [1.807, 2.05) is 36.9 Å². The van der Waals surface area contributed by atoms with Gasteiger partial charge in [-0.15, -0.1) is 0 Å². The number of benzene rings is 3. The van der Waals surface area contributed by atoms with Gasteiger partial charge >= 0.3 is 6.18 Å². The predicted octanol–water partition coefficient (Wildman–Crippen LogP) is 6.08. The van der Waals surface area contributed by atoms with Crippen LogP contribution < -0.4 is 0 Å². The van der Waals surface area contributed by atoms with E-state index in [2.05, 4.69) is 22.0 Å². The Labute approximate surface area is 222 Å². The third-order valence-electron chi connectivity index (χ3n) is 6.80. The molecule has 4 rings (SSSR count). The average Bonchev–Trinajstić information content (AvgIpc) is 2.93. The molecule has 0 aromatic heterocycles. The third-order valence-corrected chi connectivity index (χ3v) is 6.80. The van der Waals surface area contributed by atoms with E-state index >= 15 is 0 Å². The van der Waals surface area contributed by atoms with Crippen molar-refractivity contribution in [1.82, 2.24) is 14.7 Å². The lowest BCUT2D eigenvalue weighted by molar-refractivity contribution is -0.137. The molecule has 8 heteroatoms. The van der Waals surface area contributed by atoms with Gasteiger partial charge in [0.25, 0.3) is 5.91 Å². The highest BCUT2D eigenvalue weighted by atomic mass is 19.4. The quantitative estimate of drug-likeness (QED) is 0.279. The molecule has 5 nitrogen and oxygen atoms in total. The Kier molecular flexibility index (Phi) is 8.84. The van der Waals surface area contributed by atoms with Crippen molar-refractivity contribution in [2.24, 2.45) is 4.99 Å². The number of hydrogen-bond acceptors (Lipinski definition) is 3. The van der Waals surface area contributed by atoms with E-state index in [9.17, 15) is 18.0 Å². The Hall–Kier alpha value is -3.65. The Morgan fingerprint density at radius 2 is 1.39 bits per heavy atom. The number of amidine groups is 1. The lowest BCUT2D eigenvalue weighted by Gasteiger charge is -2.36. The number of rotatable bonds is 7. The highest BCUT2D eigenvalue weighted by Crippen LogP contribution is 2.36. The van der Waals surface area contributed by atoms with Crippen molar-refractivity contribution in [3.8, 4) is 0 Å².